The molecule has 3 aromatic rings. The maximum atomic E-state index is 13.0. The Kier molecular flexibility index (Phi) is 5.60. The topological polar surface area (TPSA) is 118 Å². The fourth-order valence-corrected chi connectivity index (χ4v) is 4.85. The van der Waals surface area contributed by atoms with Crippen LogP contribution in [0.1, 0.15) is 12.8 Å². The number of aromatic nitrogens is 2. The molecule has 1 aliphatic rings. The maximum absolute atomic E-state index is 13.0. The molecule has 0 unspecified atom stereocenters. The quantitative estimate of drug-likeness (QED) is 0.621. The summed E-state index contributed by atoms with van der Waals surface area (Å²) in [6, 6.07) is 11.7. The first kappa shape index (κ1) is 20.2. The number of anilines is 1. The fourth-order valence-electron chi connectivity index (χ4n) is 3.42. The van der Waals surface area contributed by atoms with Crippen LogP contribution in [0.25, 0.3) is 11.5 Å². The molecule has 3 heterocycles. The van der Waals surface area contributed by atoms with Crippen LogP contribution in [-0.4, -0.2) is 49.0 Å². The summed E-state index contributed by atoms with van der Waals surface area (Å²) in [5, 5.41) is 9.27. The smallest absolute Gasteiger partial charge is 0.276 e. The van der Waals surface area contributed by atoms with Gasteiger partial charge >= 0.3 is 0 Å². The molecule has 30 heavy (non-hydrogen) atoms. The third kappa shape index (κ3) is 4.10. The number of hydrogen-bond donors (Lipinski definition) is 2. The number of benzene rings is 1. The molecule has 2 N–H and O–H groups in total. The standard InChI is InChI=1S/C20H22N4O5S/c1-28-16-6-4-15(5-7-16)22-20(25)14-3-2-12-24(13-14)30(26,27)19-9-8-18(29-19)17-10-11-21-23-17/h4-11,14H,2-3,12-13H2,1H3,(H,21,23)(H,22,25)/t14-/m0/s1. The lowest BCUT2D eigenvalue weighted by Gasteiger charge is -2.30. The van der Waals surface area contributed by atoms with Gasteiger partial charge in [-0.05, 0) is 55.3 Å². The van der Waals surface area contributed by atoms with Gasteiger partial charge in [0.05, 0.1) is 13.0 Å². The number of methoxy groups -OCH3 is 1. The Morgan fingerprint density at radius 1 is 1.23 bits per heavy atom. The average Bonchev–Trinajstić information content (AvgIpc) is 3.46. The molecule has 1 amide bonds. The number of aromatic amines is 1. The Bertz CT molecular complexity index is 1110. The molecule has 158 valence electrons. The largest absolute Gasteiger partial charge is 0.497 e. The second-order valence-corrected chi connectivity index (χ2v) is 8.88. The van der Waals surface area contributed by atoms with Gasteiger partial charge in [-0.1, -0.05) is 0 Å². The molecule has 1 saturated heterocycles. The van der Waals surface area contributed by atoms with Crippen molar-refractivity contribution < 1.29 is 22.4 Å². The van der Waals surface area contributed by atoms with Gasteiger partial charge in [0.15, 0.2) is 5.76 Å². The summed E-state index contributed by atoms with van der Waals surface area (Å²) in [6.07, 6.45) is 2.77. The highest BCUT2D eigenvalue weighted by Gasteiger charge is 2.35. The molecule has 2 aromatic heterocycles. The first-order chi connectivity index (χ1) is 14.5. The van der Waals surface area contributed by atoms with E-state index < -0.39 is 15.9 Å². The van der Waals surface area contributed by atoms with Crippen LogP contribution in [0.4, 0.5) is 5.69 Å². The number of carbonyl (C=O) groups excluding carboxylic acids is 1. The van der Waals surface area contributed by atoms with Crippen LogP contribution in [-0.2, 0) is 14.8 Å². The van der Waals surface area contributed by atoms with Crippen molar-refractivity contribution in [3.63, 3.8) is 0 Å². The van der Waals surface area contributed by atoms with E-state index in [1.807, 2.05) is 0 Å². The first-order valence-corrected chi connectivity index (χ1v) is 11.0. The Hall–Kier alpha value is -3.11. The number of H-pyrrole nitrogens is 1. The minimum absolute atomic E-state index is 0.102. The monoisotopic (exact) mass is 430 g/mol. The lowest BCUT2D eigenvalue weighted by Crippen LogP contribution is -2.43. The van der Waals surface area contributed by atoms with Gasteiger partial charge in [0, 0.05) is 25.0 Å². The van der Waals surface area contributed by atoms with E-state index >= 15 is 0 Å². The molecule has 9 nitrogen and oxygen atoms in total. The molecule has 0 bridgehead atoms. The molecule has 0 radical (unpaired) electrons. The van der Waals surface area contributed by atoms with Crippen LogP contribution in [0.2, 0.25) is 0 Å². The zero-order chi connectivity index (χ0) is 21.1. The molecule has 4 rings (SSSR count). The lowest BCUT2D eigenvalue weighted by molar-refractivity contribution is -0.120. The molecule has 1 atom stereocenters. The van der Waals surface area contributed by atoms with E-state index in [4.69, 9.17) is 9.15 Å². The SMILES string of the molecule is COc1ccc(NC(=O)[C@H]2CCCN(S(=O)(=O)c3ccc(-c4ccn[nH]4)o3)C2)cc1. The van der Waals surface area contributed by atoms with E-state index in [0.29, 0.717) is 42.3 Å². The Morgan fingerprint density at radius 2 is 2.03 bits per heavy atom. The van der Waals surface area contributed by atoms with Gasteiger partial charge in [-0.3, -0.25) is 9.89 Å². The molecule has 1 fully saturated rings. The molecule has 10 heteroatoms. The summed E-state index contributed by atoms with van der Waals surface area (Å²) in [5.74, 6) is 0.420. The highest BCUT2D eigenvalue weighted by atomic mass is 32.2. The van der Waals surface area contributed by atoms with Crippen molar-refractivity contribution in [2.45, 2.75) is 17.9 Å². The first-order valence-electron chi connectivity index (χ1n) is 9.52. The van der Waals surface area contributed by atoms with Gasteiger partial charge in [-0.2, -0.15) is 9.40 Å². The summed E-state index contributed by atoms with van der Waals surface area (Å²) in [5.41, 5.74) is 1.22. The second kappa shape index (κ2) is 8.33. The zero-order valence-electron chi connectivity index (χ0n) is 16.4. The Morgan fingerprint density at radius 3 is 2.73 bits per heavy atom. The molecule has 1 aromatic carbocycles. The van der Waals surface area contributed by atoms with Gasteiger partial charge in [-0.15, -0.1) is 0 Å². The summed E-state index contributed by atoms with van der Waals surface area (Å²) in [4.78, 5) is 12.7. The predicted octanol–water partition coefficient (Wildman–Crippen LogP) is 2.72. The van der Waals surface area contributed by atoms with E-state index in [1.165, 1.54) is 10.4 Å². The van der Waals surface area contributed by atoms with E-state index in [-0.39, 0.29) is 17.5 Å². The second-order valence-electron chi connectivity index (χ2n) is 7.01. The number of nitrogens with one attached hydrogen (secondary N) is 2. The van der Waals surface area contributed by atoms with Crippen LogP contribution in [0, 0.1) is 5.92 Å². The predicted molar refractivity (Wildman–Crippen MR) is 109 cm³/mol. The van der Waals surface area contributed by atoms with E-state index in [2.05, 4.69) is 15.5 Å². The summed E-state index contributed by atoms with van der Waals surface area (Å²) < 4.78 is 38.0. The van der Waals surface area contributed by atoms with Crippen LogP contribution in [0.15, 0.2) is 58.2 Å². The number of piperidine rings is 1. The van der Waals surface area contributed by atoms with Crippen molar-refractivity contribution in [3.8, 4) is 17.2 Å². The molecule has 0 spiro atoms. The molecule has 0 saturated carbocycles. The van der Waals surface area contributed by atoms with Gasteiger partial charge in [0.1, 0.15) is 11.4 Å². The van der Waals surface area contributed by atoms with E-state index in [1.54, 1.807) is 49.7 Å². The third-order valence-electron chi connectivity index (χ3n) is 5.05. The number of rotatable bonds is 6. The minimum atomic E-state index is -3.84. The number of hydrogen-bond acceptors (Lipinski definition) is 6. The van der Waals surface area contributed by atoms with Crippen LogP contribution in [0.3, 0.4) is 0 Å². The van der Waals surface area contributed by atoms with Gasteiger partial charge in [-0.25, -0.2) is 8.42 Å². The molecule has 1 aliphatic heterocycles. The van der Waals surface area contributed by atoms with Crippen LogP contribution < -0.4 is 10.1 Å². The number of furan rings is 1. The Balaban J connectivity index is 1.45. The van der Waals surface area contributed by atoms with Gasteiger partial charge < -0.3 is 14.5 Å². The van der Waals surface area contributed by atoms with Gasteiger partial charge in [0.2, 0.25) is 11.0 Å². The highest BCUT2D eigenvalue weighted by molar-refractivity contribution is 7.89. The molecular weight excluding hydrogens is 408 g/mol. The van der Waals surface area contributed by atoms with Crippen LogP contribution >= 0.6 is 0 Å². The number of carbonyl (C=O) groups is 1. The minimum Gasteiger partial charge on any atom is -0.497 e. The van der Waals surface area contributed by atoms with E-state index in [9.17, 15) is 13.2 Å². The van der Waals surface area contributed by atoms with Crippen LogP contribution in [0.5, 0.6) is 5.75 Å². The van der Waals surface area contributed by atoms with Crippen molar-refractivity contribution >= 4 is 21.6 Å². The number of nitrogens with zero attached hydrogens (tertiary/aromatic N) is 2. The van der Waals surface area contributed by atoms with Crippen molar-refractivity contribution in [2.24, 2.45) is 5.92 Å². The third-order valence-corrected chi connectivity index (χ3v) is 6.79. The highest BCUT2D eigenvalue weighted by Crippen LogP contribution is 2.28. The lowest BCUT2D eigenvalue weighted by atomic mass is 9.99. The molecule has 0 aliphatic carbocycles. The normalized spacial score (nSPS) is 17.6. The summed E-state index contributed by atoms with van der Waals surface area (Å²) in [6.45, 7) is 0.444. The Labute approximate surface area is 174 Å². The molecular formula is C20H22N4O5S. The van der Waals surface area contributed by atoms with Crippen molar-refractivity contribution in [3.05, 3.63) is 48.7 Å². The van der Waals surface area contributed by atoms with Crippen molar-refractivity contribution in [1.29, 1.82) is 0 Å². The fraction of sp³-hybridized carbons (Fsp3) is 0.300. The summed E-state index contributed by atoms with van der Waals surface area (Å²) in [7, 11) is -2.27. The number of amides is 1. The van der Waals surface area contributed by atoms with Gasteiger partial charge in [0.25, 0.3) is 10.0 Å². The number of ether oxygens (including phenoxy) is 1. The maximum Gasteiger partial charge on any atom is 0.276 e. The van der Waals surface area contributed by atoms with E-state index in [0.717, 1.165) is 0 Å². The van der Waals surface area contributed by atoms with Crippen molar-refractivity contribution in [2.75, 3.05) is 25.5 Å². The number of sulfonamides is 1. The zero-order valence-corrected chi connectivity index (χ0v) is 17.2. The average molecular weight is 430 g/mol. The van der Waals surface area contributed by atoms with Crippen molar-refractivity contribution in [1.82, 2.24) is 14.5 Å². The summed E-state index contributed by atoms with van der Waals surface area (Å²) >= 11 is 0.